The maximum atomic E-state index is 13.5. The molecule has 32 heavy (non-hydrogen) atoms. The highest BCUT2D eigenvalue weighted by molar-refractivity contribution is 8.19. The summed E-state index contributed by atoms with van der Waals surface area (Å²) >= 11 is 6.63. The second kappa shape index (κ2) is 8.04. The van der Waals surface area contributed by atoms with Gasteiger partial charge in [0.25, 0.3) is 0 Å². The molecule has 168 valence electrons. The van der Waals surface area contributed by atoms with Crippen molar-refractivity contribution in [3.63, 3.8) is 0 Å². The third kappa shape index (κ3) is 3.16. The molecular formula is C23H26ClN5O2S. The van der Waals surface area contributed by atoms with Gasteiger partial charge in [-0.3, -0.25) is 0 Å². The molecule has 2 fully saturated rings. The Hall–Kier alpha value is -2.10. The zero-order chi connectivity index (χ0) is 21.8. The number of allylic oxidation sites excluding steroid dienone is 2. The van der Waals surface area contributed by atoms with Crippen molar-refractivity contribution < 1.29 is 9.53 Å². The average Bonchev–Trinajstić information content (AvgIpc) is 3.48. The Morgan fingerprint density at radius 2 is 2.06 bits per heavy atom. The minimum Gasteiger partial charge on any atom is -0.378 e. The average molecular weight is 472 g/mol. The second-order valence-electron chi connectivity index (χ2n) is 8.43. The molecule has 0 spiro atoms. The molecule has 5 aliphatic rings. The van der Waals surface area contributed by atoms with Crippen molar-refractivity contribution in [1.29, 1.82) is 0 Å². The lowest BCUT2D eigenvalue weighted by Crippen LogP contribution is -2.56. The molecule has 2 amide bonds. The fraction of sp³-hybridized carbons (Fsp3) is 0.391. The normalized spacial score (nSPS) is 27.5. The summed E-state index contributed by atoms with van der Waals surface area (Å²) in [6, 6.07) is 7.95. The number of hydrogen-bond donors (Lipinski definition) is 1. The Balaban J connectivity index is 1.42. The predicted molar refractivity (Wildman–Crippen MR) is 129 cm³/mol. The van der Waals surface area contributed by atoms with Crippen LogP contribution in [0.4, 0.5) is 10.5 Å². The highest BCUT2D eigenvalue weighted by Crippen LogP contribution is 2.48. The number of nitrogens with zero attached hydrogens (tertiary/aromatic N) is 4. The van der Waals surface area contributed by atoms with E-state index < -0.39 is 0 Å². The van der Waals surface area contributed by atoms with Gasteiger partial charge in [0.2, 0.25) is 0 Å². The fourth-order valence-electron chi connectivity index (χ4n) is 5.11. The lowest BCUT2D eigenvalue weighted by Gasteiger charge is -2.36. The number of rotatable bonds is 1. The molecule has 1 aliphatic carbocycles. The van der Waals surface area contributed by atoms with E-state index in [2.05, 4.69) is 39.8 Å². The third-order valence-corrected chi connectivity index (χ3v) is 9.08. The number of fused-ring (bicyclic) bond motifs is 4. The summed E-state index contributed by atoms with van der Waals surface area (Å²) in [6.45, 7) is 3.67. The van der Waals surface area contributed by atoms with Gasteiger partial charge in [-0.1, -0.05) is 35.9 Å². The summed E-state index contributed by atoms with van der Waals surface area (Å²) in [5.74, 6) is 0. The number of benzene rings is 1. The topological polar surface area (TPSA) is 51.3 Å². The number of morpholine rings is 1. The number of halogens is 1. The van der Waals surface area contributed by atoms with Gasteiger partial charge in [0.1, 0.15) is 6.17 Å². The number of carbonyl (C=O) groups excluding carboxylic acids is 1. The van der Waals surface area contributed by atoms with Gasteiger partial charge in [0.05, 0.1) is 42.1 Å². The number of anilines is 1. The maximum Gasteiger partial charge on any atom is 0.336 e. The van der Waals surface area contributed by atoms with Crippen LogP contribution in [-0.2, 0) is 4.74 Å². The third-order valence-electron chi connectivity index (χ3n) is 6.69. The molecule has 1 N–H and O–H groups in total. The summed E-state index contributed by atoms with van der Waals surface area (Å²) < 4.78 is 5.45. The quantitative estimate of drug-likeness (QED) is 0.638. The Bertz CT molecular complexity index is 1110. The number of urea groups is 1. The van der Waals surface area contributed by atoms with Crippen LogP contribution < -0.4 is 10.3 Å². The molecule has 2 saturated heterocycles. The number of para-hydroxylation sites is 1. The highest BCUT2D eigenvalue weighted by atomic mass is 35.5. The van der Waals surface area contributed by atoms with E-state index in [1.807, 2.05) is 34.2 Å². The first kappa shape index (κ1) is 20.5. The van der Waals surface area contributed by atoms with Gasteiger partial charge in [0, 0.05) is 29.8 Å². The molecule has 1 aromatic rings. The molecule has 2 atom stereocenters. The van der Waals surface area contributed by atoms with Crippen molar-refractivity contribution >= 4 is 38.8 Å². The summed E-state index contributed by atoms with van der Waals surface area (Å²) in [5, 5.41) is 2.53. The SMILES string of the molecule is CS1=C2C(=CN(c3ccccc3Cl)CC3N2CNN3C(=O)N2CCOCC2)C2=C1C=CC2. The summed E-state index contributed by atoms with van der Waals surface area (Å²) in [7, 11) is -0.0302. The smallest absolute Gasteiger partial charge is 0.336 e. The van der Waals surface area contributed by atoms with Crippen LogP contribution in [0.1, 0.15) is 6.42 Å². The van der Waals surface area contributed by atoms with Gasteiger partial charge in [-0.15, -0.1) is 10.5 Å². The van der Waals surface area contributed by atoms with Crippen LogP contribution in [0.25, 0.3) is 0 Å². The Labute approximate surface area is 195 Å². The number of carbonyl (C=O) groups is 1. The molecule has 7 nitrogen and oxygen atoms in total. The highest BCUT2D eigenvalue weighted by Gasteiger charge is 2.45. The van der Waals surface area contributed by atoms with E-state index in [1.165, 1.54) is 21.0 Å². The van der Waals surface area contributed by atoms with Crippen LogP contribution in [0.5, 0.6) is 0 Å². The Kier molecular flexibility index (Phi) is 5.15. The van der Waals surface area contributed by atoms with Crippen molar-refractivity contribution in [3.8, 4) is 0 Å². The molecule has 0 saturated carbocycles. The van der Waals surface area contributed by atoms with Crippen molar-refractivity contribution in [1.82, 2.24) is 20.2 Å². The van der Waals surface area contributed by atoms with E-state index in [0.717, 1.165) is 12.1 Å². The van der Waals surface area contributed by atoms with E-state index in [4.69, 9.17) is 16.3 Å². The minimum atomic E-state index is -0.135. The largest absolute Gasteiger partial charge is 0.378 e. The number of hydrazine groups is 1. The number of amides is 2. The van der Waals surface area contributed by atoms with Gasteiger partial charge in [0.15, 0.2) is 0 Å². The number of hydrogen-bond acceptors (Lipinski definition) is 5. The predicted octanol–water partition coefficient (Wildman–Crippen LogP) is 3.16. The Morgan fingerprint density at radius 3 is 2.88 bits per heavy atom. The van der Waals surface area contributed by atoms with E-state index in [0.29, 0.717) is 44.5 Å². The minimum absolute atomic E-state index is 0.0124. The molecule has 0 bridgehead atoms. The summed E-state index contributed by atoms with van der Waals surface area (Å²) in [4.78, 5) is 22.7. The summed E-state index contributed by atoms with van der Waals surface area (Å²) in [6.07, 6.45) is 9.91. The number of ether oxygens (including phenoxy) is 1. The lowest BCUT2D eigenvalue weighted by molar-refractivity contribution is 0.0356. The number of nitrogens with one attached hydrogen (secondary N) is 1. The van der Waals surface area contributed by atoms with Crippen molar-refractivity contribution in [2.75, 3.05) is 50.7 Å². The van der Waals surface area contributed by atoms with Crippen molar-refractivity contribution in [2.45, 2.75) is 12.6 Å². The van der Waals surface area contributed by atoms with Crippen LogP contribution in [0.2, 0.25) is 5.02 Å². The van der Waals surface area contributed by atoms with Gasteiger partial charge >= 0.3 is 6.03 Å². The van der Waals surface area contributed by atoms with Gasteiger partial charge in [-0.25, -0.2) is 20.1 Å². The molecule has 2 unspecified atom stereocenters. The fourth-order valence-corrected chi connectivity index (χ4v) is 7.47. The van der Waals surface area contributed by atoms with E-state index in [-0.39, 0.29) is 22.7 Å². The second-order valence-corrected chi connectivity index (χ2v) is 10.7. The molecule has 1 aromatic carbocycles. The summed E-state index contributed by atoms with van der Waals surface area (Å²) in [5.41, 5.74) is 7.04. The van der Waals surface area contributed by atoms with Crippen molar-refractivity contribution in [3.05, 3.63) is 63.7 Å². The van der Waals surface area contributed by atoms with Crippen LogP contribution in [0.15, 0.2) is 58.7 Å². The molecule has 6 rings (SSSR count). The standard InChI is InChI=1S/C23H26ClN5O2S/c1-32-20-8-4-5-16(20)17-13-27(19-7-3-2-6-18(19)24)14-21-28(22(17)32)15-25-29(21)23(30)26-9-11-31-12-10-26/h2-4,6-8,13,21,25H,5,9-12,14-15H2,1H3. The van der Waals surface area contributed by atoms with Gasteiger partial charge < -0.3 is 14.5 Å². The van der Waals surface area contributed by atoms with E-state index >= 15 is 0 Å². The maximum absolute atomic E-state index is 13.5. The molecular weight excluding hydrogens is 446 g/mol. The van der Waals surface area contributed by atoms with E-state index in [9.17, 15) is 4.79 Å². The van der Waals surface area contributed by atoms with Crippen molar-refractivity contribution in [2.24, 2.45) is 0 Å². The monoisotopic (exact) mass is 471 g/mol. The zero-order valence-corrected chi connectivity index (χ0v) is 19.5. The van der Waals surface area contributed by atoms with Gasteiger partial charge in [-0.2, -0.15) is 0 Å². The van der Waals surface area contributed by atoms with Gasteiger partial charge in [-0.05, 0) is 30.4 Å². The van der Waals surface area contributed by atoms with Crippen LogP contribution in [0.3, 0.4) is 0 Å². The molecule has 4 heterocycles. The van der Waals surface area contributed by atoms with E-state index in [1.54, 1.807) is 0 Å². The lowest BCUT2D eigenvalue weighted by atomic mass is 10.1. The van der Waals surface area contributed by atoms with Crippen LogP contribution in [0, 0.1) is 0 Å². The van der Waals surface area contributed by atoms with Crippen LogP contribution >= 0.6 is 22.1 Å². The Morgan fingerprint density at radius 1 is 1.25 bits per heavy atom. The zero-order valence-electron chi connectivity index (χ0n) is 18.0. The first-order valence-electron chi connectivity index (χ1n) is 11.0. The molecule has 4 aliphatic heterocycles. The molecule has 0 aromatic heterocycles. The molecule has 0 radical (unpaired) electrons. The van der Waals surface area contributed by atoms with Crippen LogP contribution in [-0.4, -0.2) is 77.8 Å². The first-order chi connectivity index (χ1) is 15.6. The first-order valence-corrected chi connectivity index (χ1v) is 13.0. The molecule has 9 heteroatoms.